The van der Waals surface area contributed by atoms with Crippen LogP contribution in [0.3, 0.4) is 0 Å². The number of hydrogen-bond acceptors (Lipinski definition) is 3. The fraction of sp³-hybridized carbons (Fsp3) is 0.500. The number of aromatic nitrogens is 1. The smallest absolute Gasteiger partial charge is 0.255 e. The summed E-state index contributed by atoms with van der Waals surface area (Å²) in [6, 6.07) is 1.10. The molecular weight excluding hydrogens is 221 g/mol. The molecule has 1 aromatic heterocycles. The predicted octanol–water partition coefficient (Wildman–Crippen LogP) is 2.11. The van der Waals surface area contributed by atoms with Gasteiger partial charge in [0.05, 0.1) is 11.8 Å². The van der Waals surface area contributed by atoms with Crippen LogP contribution in [0.15, 0.2) is 12.3 Å². The number of nitrogens with zero attached hydrogens (tertiary/aromatic N) is 1. The maximum absolute atomic E-state index is 13.0. The van der Waals surface area contributed by atoms with E-state index >= 15 is 0 Å². The summed E-state index contributed by atoms with van der Waals surface area (Å²) in [5.41, 5.74) is 5.28. The number of amides is 1. The molecule has 0 unspecified atom stereocenters. The summed E-state index contributed by atoms with van der Waals surface area (Å²) in [6.45, 7) is 5.86. The molecule has 1 amide bonds. The van der Waals surface area contributed by atoms with Crippen LogP contribution in [0.25, 0.3) is 0 Å². The molecule has 0 radical (unpaired) electrons. The second-order valence-electron chi connectivity index (χ2n) is 4.67. The van der Waals surface area contributed by atoms with Gasteiger partial charge in [0.25, 0.3) is 5.91 Å². The molecule has 0 spiro atoms. The summed E-state index contributed by atoms with van der Waals surface area (Å²) in [4.78, 5) is 15.5. The van der Waals surface area contributed by atoms with Gasteiger partial charge in [-0.25, -0.2) is 9.37 Å². The highest BCUT2D eigenvalue weighted by atomic mass is 19.1. The molecule has 0 saturated heterocycles. The first kappa shape index (κ1) is 13.4. The first-order valence-corrected chi connectivity index (χ1v) is 5.59. The zero-order chi connectivity index (χ0) is 13.1. The summed E-state index contributed by atoms with van der Waals surface area (Å²) in [7, 11) is 0. The Bertz CT molecular complexity index is 418. The lowest BCUT2D eigenvalue weighted by atomic mass is 9.98. The summed E-state index contributed by atoms with van der Waals surface area (Å²) < 4.78 is 13.0. The quantitative estimate of drug-likeness (QED) is 0.845. The van der Waals surface area contributed by atoms with Gasteiger partial charge in [0.15, 0.2) is 0 Å². The highest BCUT2D eigenvalue weighted by Crippen LogP contribution is 2.15. The van der Waals surface area contributed by atoms with Gasteiger partial charge in [0.2, 0.25) is 0 Å². The van der Waals surface area contributed by atoms with E-state index in [1.807, 2.05) is 20.8 Å². The van der Waals surface area contributed by atoms with Crippen molar-refractivity contribution < 1.29 is 9.18 Å². The van der Waals surface area contributed by atoms with Gasteiger partial charge in [0.1, 0.15) is 11.6 Å². The van der Waals surface area contributed by atoms with Crippen molar-refractivity contribution in [2.45, 2.75) is 39.2 Å². The topological polar surface area (TPSA) is 68.0 Å². The Morgan fingerprint density at radius 1 is 1.59 bits per heavy atom. The van der Waals surface area contributed by atoms with Crippen LogP contribution in [0, 0.1) is 5.82 Å². The average molecular weight is 239 g/mol. The number of pyridine rings is 1. The summed E-state index contributed by atoms with van der Waals surface area (Å²) in [5, 5.41) is 2.82. The molecule has 0 aromatic carbocycles. The van der Waals surface area contributed by atoms with E-state index in [-0.39, 0.29) is 16.9 Å². The Kier molecular flexibility index (Phi) is 4.04. The van der Waals surface area contributed by atoms with Gasteiger partial charge in [0, 0.05) is 5.54 Å². The van der Waals surface area contributed by atoms with E-state index in [1.165, 1.54) is 0 Å². The predicted molar refractivity (Wildman–Crippen MR) is 65.1 cm³/mol. The van der Waals surface area contributed by atoms with E-state index < -0.39 is 11.7 Å². The normalized spacial score (nSPS) is 11.3. The molecule has 0 saturated carbocycles. The van der Waals surface area contributed by atoms with Crippen molar-refractivity contribution in [1.29, 1.82) is 0 Å². The van der Waals surface area contributed by atoms with E-state index in [9.17, 15) is 9.18 Å². The number of nitrogens with two attached hydrogens (primary N) is 1. The summed E-state index contributed by atoms with van der Waals surface area (Å²) >= 11 is 0. The molecule has 0 aliphatic rings. The first-order valence-electron chi connectivity index (χ1n) is 5.59. The number of rotatable bonds is 4. The Balaban J connectivity index is 2.86. The number of carbonyl (C=O) groups is 1. The molecule has 4 nitrogen and oxygen atoms in total. The summed E-state index contributed by atoms with van der Waals surface area (Å²) in [6.07, 6.45) is 2.77. The molecule has 1 rings (SSSR count). The van der Waals surface area contributed by atoms with Gasteiger partial charge >= 0.3 is 0 Å². The lowest BCUT2D eigenvalue weighted by Crippen LogP contribution is -2.43. The van der Waals surface area contributed by atoms with Crippen LogP contribution in [0.5, 0.6) is 0 Å². The fourth-order valence-electron chi connectivity index (χ4n) is 1.69. The van der Waals surface area contributed by atoms with Crippen molar-refractivity contribution in [2.75, 3.05) is 5.73 Å². The summed E-state index contributed by atoms with van der Waals surface area (Å²) in [5.74, 6) is -0.929. The minimum Gasteiger partial charge on any atom is -0.383 e. The SMILES string of the molecule is CCCC(C)(C)NC(=O)c1cc(F)cnc1N. The maximum Gasteiger partial charge on any atom is 0.255 e. The van der Waals surface area contributed by atoms with Crippen molar-refractivity contribution in [3.63, 3.8) is 0 Å². The average Bonchev–Trinajstić information content (AvgIpc) is 2.20. The third-order valence-corrected chi connectivity index (χ3v) is 2.46. The number of halogens is 1. The van der Waals surface area contributed by atoms with Crippen molar-refractivity contribution in [2.24, 2.45) is 0 Å². The number of nitrogens with one attached hydrogen (secondary N) is 1. The molecule has 17 heavy (non-hydrogen) atoms. The van der Waals surface area contributed by atoms with Crippen molar-refractivity contribution >= 4 is 11.7 Å². The Hall–Kier alpha value is -1.65. The lowest BCUT2D eigenvalue weighted by molar-refractivity contribution is 0.0909. The molecule has 5 heteroatoms. The number of carbonyl (C=O) groups excluding carboxylic acids is 1. The number of hydrogen-bond donors (Lipinski definition) is 2. The fourth-order valence-corrected chi connectivity index (χ4v) is 1.69. The second-order valence-corrected chi connectivity index (χ2v) is 4.67. The minimum atomic E-state index is -0.572. The highest BCUT2D eigenvalue weighted by Gasteiger charge is 2.21. The van der Waals surface area contributed by atoms with Crippen molar-refractivity contribution in [3.05, 3.63) is 23.6 Å². The zero-order valence-electron chi connectivity index (χ0n) is 10.4. The Morgan fingerprint density at radius 3 is 2.82 bits per heavy atom. The van der Waals surface area contributed by atoms with Crippen LogP contribution < -0.4 is 11.1 Å². The lowest BCUT2D eigenvalue weighted by Gasteiger charge is -2.25. The van der Waals surface area contributed by atoms with E-state index in [0.29, 0.717) is 0 Å². The molecule has 3 N–H and O–H groups in total. The largest absolute Gasteiger partial charge is 0.383 e. The zero-order valence-corrected chi connectivity index (χ0v) is 10.4. The van der Waals surface area contributed by atoms with Gasteiger partial charge in [-0.3, -0.25) is 4.79 Å². The molecular formula is C12H18FN3O. The molecule has 0 aliphatic heterocycles. The molecule has 1 heterocycles. The molecule has 0 atom stereocenters. The van der Waals surface area contributed by atoms with Gasteiger partial charge in [-0.05, 0) is 26.3 Å². The molecule has 0 fully saturated rings. The van der Waals surface area contributed by atoms with Crippen LogP contribution in [-0.4, -0.2) is 16.4 Å². The van der Waals surface area contributed by atoms with Crippen LogP contribution in [-0.2, 0) is 0 Å². The first-order chi connectivity index (χ1) is 7.85. The highest BCUT2D eigenvalue weighted by molar-refractivity contribution is 5.98. The molecule has 0 aliphatic carbocycles. The van der Waals surface area contributed by atoms with Gasteiger partial charge in [-0.15, -0.1) is 0 Å². The van der Waals surface area contributed by atoms with Crippen LogP contribution in [0.1, 0.15) is 44.0 Å². The minimum absolute atomic E-state index is 0.0381. The standard InChI is InChI=1S/C12H18FN3O/c1-4-5-12(2,3)16-11(17)9-6-8(13)7-15-10(9)14/h6-7H,4-5H2,1-3H3,(H2,14,15)(H,16,17). The van der Waals surface area contributed by atoms with Crippen LogP contribution in [0.4, 0.5) is 10.2 Å². The van der Waals surface area contributed by atoms with E-state index in [2.05, 4.69) is 10.3 Å². The van der Waals surface area contributed by atoms with Gasteiger partial charge in [-0.2, -0.15) is 0 Å². The maximum atomic E-state index is 13.0. The second kappa shape index (κ2) is 5.12. The third-order valence-electron chi connectivity index (χ3n) is 2.46. The monoisotopic (exact) mass is 239 g/mol. The molecule has 0 bridgehead atoms. The Labute approximate surface area is 100 Å². The van der Waals surface area contributed by atoms with Crippen LogP contribution >= 0.6 is 0 Å². The van der Waals surface area contributed by atoms with E-state index in [0.717, 1.165) is 25.1 Å². The molecule has 1 aromatic rings. The Morgan fingerprint density at radius 2 is 2.24 bits per heavy atom. The number of nitrogen functional groups attached to an aromatic ring is 1. The van der Waals surface area contributed by atoms with E-state index in [4.69, 9.17) is 5.73 Å². The van der Waals surface area contributed by atoms with Crippen molar-refractivity contribution in [3.8, 4) is 0 Å². The van der Waals surface area contributed by atoms with Gasteiger partial charge < -0.3 is 11.1 Å². The molecule has 94 valence electrons. The van der Waals surface area contributed by atoms with E-state index in [1.54, 1.807) is 0 Å². The number of anilines is 1. The van der Waals surface area contributed by atoms with Crippen molar-refractivity contribution in [1.82, 2.24) is 10.3 Å². The van der Waals surface area contributed by atoms with Gasteiger partial charge in [-0.1, -0.05) is 13.3 Å². The van der Waals surface area contributed by atoms with Crippen LogP contribution in [0.2, 0.25) is 0 Å². The third kappa shape index (κ3) is 3.69.